The topological polar surface area (TPSA) is 111 Å². The fraction of sp³-hybridized carbons (Fsp3) is 0.400. The molecule has 0 amide bonds. The Balaban J connectivity index is 1.81. The van der Waals surface area contributed by atoms with Crippen LogP contribution in [-0.2, 0) is 25.8 Å². The third-order valence-electron chi connectivity index (χ3n) is 5.85. The number of hydrogen-bond acceptors (Lipinski definition) is 7. The number of hydrogen-bond donors (Lipinski definition) is 4. The van der Waals surface area contributed by atoms with Crippen LogP contribution in [0, 0.1) is 5.92 Å². The smallest absolute Gasteiger partial charge is 0.393 e. The first-order valence-corrected chi connectivity index (χ1v) is 11.2. The van der Waals surface area contributed by atoms with E-state index in [1.54, 1.807) is 19.1 Å². The van der Waals surface area contributed by atoms with Crippen molar-refractivity contribution in [2.24, 2.45) is 5.92 Å². The third kappa shape index (κ3) is 6.74. The molecule has 2 aromatic heterocycles. The zero-order chi connectivity index (χ0) is 25.8. The van der Waals surface area contributed by atoms with Crippen molar-refractivity contribution in [3.05, 3.63) is 70.7 Å². The second-order valence-electron chi connectivity index (χ2n) is 8.63. The molecule has 0 aliphatic heterocycles. The van der Waals surface area contributed by atoms with Gasteiger partial charge in [0.25, 0.3) is 0 Å². The second kappa shape index (κ2) is 11.1. The number of aliphatic hydroxyl groups is 3. The van der Waals surface area contributed by atoms with Gasteiger partial charge in [0.05, 0.1) is 48.0 Å². The van der Waals surface area contributed by atoms with Gasteiger partial charge in [0.2, 0.25) is 5.95 Å². The minimum atomic E-state index is -4.59. The van der Waals surface area contributed by atoms with Crippen molar-refractivity contribution in [2.75, 3.05) is 5.32 Å². The molecule has 188 valence electrons. The Bertz CT molecular complexity index is 1120. The van der Waals surface area contributed by atoms with Crippen molar-refractivity contribution in [1.29, 1.82) is 0 Å². The van der Waals surface area contributed by atoms with Crippen LogP contribution in [0.5, 0.6) is 0 Å². The predicted octanol–water partition coefficient (Wildman–Crippen LogP) is 4.27. The Labute approximate surface area is 201 Å². The summed E-state index contributed by atoms with van der Waals surface area (Å²) >= 11 is 0. The van der Waals surface area contributed by atoms with Crippen LogP contribution in [0.4, 0.5) is 19.1 Å². The summed E-state index contributed by atoms with van der Waals surface area (Å²) < 4.78 is 40.3. The van der Waals surface area contributed by atoms with Gasteiger partial charge < -0.3 is 20.6 Å². The summed E-state index contributed by atoms with van der Waals surface area (Å²) in [5.74, 6) is -0.347. The highest BCUT2D eigenvalue weighted by Gasteiger charge is 2.35. The lowest BCUT2D eigenvalue weighted by Gasteiger charge is -2.20. The number of aliphatic hydroxyl groups excluding tert-OH is 3. The Hall–Kier alpha value is -3.08. The summed E-state index contributed by atoms with van der Waals surface area (Å²) in [6.07, 6.45) is -4.64. The summed E-state index contributed by atoms with van der Waals surface area (Å²) in [4.78, 5) is 12.4. The lowest BCUT2D eigenvalue weighted by Crippen LogP contribution is -2.21. The molecule has 3 aromatic rings. The van der Waals surface area contributed by atoms with Crippen LogP contribution in [0.25, 0.3) is 11.3 Å². The van der Waals surface area contributed by atoms with Crippen molar-refractivity contribution in [3.8, 4) is 11.3 Å². The van der Waals surface area contributed by atoms with E-state index in [0.29, 0.717) is 17.0 Å². The molecule has 35 heavy (non-hydrogen) atoms. The molecule has 3 atom stereocenters. The molecule has 7 nitrogen and oxygen atoms in total. The molecular formula is C25H29F3N4O3. The number of benzene rings is 1. The summed E-state index contributed by atoms with van der Waals surface area (Å²) in [6.45, 7) is 4.61. The number of aromatic nitrogens is 3. The van der Waals surface area contributed by atoms with Gasteiger partial charge in [0.15, 0.2) is 0 Å². The molecule has 2 heterocycles. The van der Waals surface area contributed by atoms with Crippen LogP contribution < -0.4 is 5.32 Å². The van der Waals surface area contributed by atoms with Crippen LogP contribution in [0.3, 0.4) is 0 Å². The molecule has 0 fully saturated rings. The monoisotopic (exact) mass is 490 g/mol. The van der Waals surface area contributed by atoms with Crippen LogP contribution in [0.2, 0.25) is 0 Å². The van der Waals surface area contributed by atoms with E-state index in [-0.39, 0.29) is 37.3 Å². The van der Waals surface area contributed by atoms with Crippen molar-refractivity contribution >= 4 is 5.95 Å². The van der Waals surface area contributed by atoms with Gasteiger partial charge in [0.1, 0.15) is 0 Å². The lowest BCUT2D eigenvalue weighted by molar-refractivity contribution is -0.138. The minimum absolute atomic E-state index is 0.0392. The molecule has 3 rings (SSSR count). The van der Waals surface area contributed by atoms with Crippen molar-refractivity contribution in [2.45, 2.75) is 58.7 Å². The van der Waals surface area contributed by atoms with E-state index in [2.05, 4.69) is 20.3 Å². The fourth-order valence-electron chi connectivity index (χ4n) is 3.54. The molecule has 4 N–H and O–H groups in total. The number of rotatable bonds is 9. The van der Waals surface area contributed by atoms with Crippen LogP contribution >= 0.6 is 0 Å². The Morgan fingerprint density at radius 1 is 0.971 bits per heavy atom. The molecule has 0 spiro atoms. The van der Waals surface area contributed by atoms with E-state index < -0.39 is 23.8 Å². The Morgan fingerprint density at radius 2 is 1.66 bits per heavy atom. The summed E-state index contributed by atoms with van der Waals surface area (Å²) in [7, 11) is 0. The molecule has 0 radical (unpaired) electrons. The van der Waals surface area contributed by atoms with Crippen LogP contribution in [-0.4, -0.2) is 36.4 Å². The fourth-order valence-corrected chi connectivity index (χ4v) is 3.54. The highest BCUT2D eigenvalue weighted by Crippen LogP contribution is 2.33. The molecule has 0 bridgehead atoms. The van der Waals surface area contributed by atoms with Crippen molar-refractivity contribution in [3.63, 3.8) is 0 Å². The Kier molecular flexibility index (Phi) is 8.42. The van der Waals surface area contributed by atoms with E-state index in [1.807, 2.05) is 31.2 Å². The first-order chi connectivity index (χ1) is 16.5. The largest absolute Gasteiger partial charge is 0.419 e. The van der Waals surface area contributed by atoms with Crippen molar-refractivity contribution < 1.29 is 28.5 Å². The first kappa shape index (κ1) is 26.5. The van der Waals surface area contributed by atoms with Gasteiger partial charge in [0, 0.05) is 11.8 Å². The SMILES string of the molecule is C[C@@H](Nc1ncc(C(F)(F)F)c(C[C@H](C)[C@@H](C)O)n1)c1ccc(-c2cc(CO)cc(CO)n2)cc1. The van der Waals surface area contributed by atoms with E-state index in [0.717, 1.165) is 17.3 Å². The maximum absolute atomic E-state index is 13.4. The first-order valence-electron chi connectivity index (χ1n) is 11.2. The molecule has 0 aliphatic carbocycles. The molecule has 10 heteroatoms. The average Bonchev–Trinajstić information content (AvgIpc) is 2.83. The van der Waals surface area contributed by atoms with E-state index >= 15 is 0 Å². The number of halogens is 3. The molecule has 0 aliphatic rings. The van der Waals surface area contributed by atoms with E-state index in [4.69, 9.17) is 0 Å². The standard InChI is InChI=1S/C25H29F3N4O3/c1-14(16(3)35)8-23-21(25(26,27)28)11-29-24(32-23)30-15(2)18-4-6-19(7-5-18)22-10-17(12-33)9-20(13-34)31-22/h4-7,9-11,14-16,33-35H,8,12-13H2,1-3H3,(H,29,30,32)/t14-,15+,16+/m0/s1. The normalized spacial score (nSPS) is 14.4. The second-order valence-corrected chi connectivity index (χ2v) is 8.63. The van der Waals surface area contributed by atoms with Gasteiger partial charge in [-0.1, -0.05) is 31.2 Å². The highest BCUT2D eigenvalue weighted by molar-refractivity contribution is 5.61. The quantitative estimate of drug-likeness (QED) is 0.354. The summed E-state index contributed by atoms with van der Waals surface area (Å²) in [5, 5.41) is 31.6. The van der Waals surface area contributed by atoms with Gasteiger partial charge in [-0.05, 0) is 49.4 Å². The van der Waals surface area contributed by atoms with Crippen molar-refractivity contribution in [1.82, 2.24) is 15.0 Å². The number of anilines is 1. The van der Waals surface area contributed by atoms with Gasteiger partial charge in [-0.3, -0.25) is 4.98 Å². The number of nitrogens with zero attached hydrogens (tertiary/aromatic N) is 3. The molecule has 0 saturated heterocycles. The maximum atomic E-state index is 13.4. The van der Waals surface area contributed by atoms with E-state index in [9.17, 15) is 28.5 Å². The third-order valence-corrected chi connectivity index (χ3v) is 5.85. The van der Waals surface area contributed by atoms with Crippen LogP contribution in [0.1, 0.15) is 54.9 Å². The average molecular weight is 491 g/mol. The zero-order valence-corrected chi connectivity index (χ0v) is 19.7. The van der Waals surface area contributed by atoms with Gasteiger partial charge in [-0.25, -0.2) is 9.97 Å². The van der Waals surface area contributed by atoms with Gasteiger partial charge in [-0.15, -0.1) is 0 Å². The summed E-state index contributed by atoms with van der Waals surface area (Å²) in [5.41, 5.74) is 2.25. The highest BCUT2D eigenvalue weighted by atomic mass is 19.4. The van der Waals surface area contributed by atoms with Crippen LogP contribution in [0.15, 0.2) is 42.6 Å². The molecular weight excluding hydrogens is 461 g/mol. The summed E-state index contributed by atoms with van der Waals surface area (Å²) in [6, 6.07) is 10.4. The predicted molar refractivity (Wildman–Crippen MR) is 125 cm³/mol. The zero-order valence-electron chi connectivity index (χ0n) is 19.7. The lowest BCUT2D eigenvalue weighted by atomic mass is 9.98. The van der Waals surface area contributed by atoms with Gasteiger partial charge in [-0.2, -0.15) is 13.2 Å². The number of pyridine rings is 1. The Morgan fingerprint density at radius 3 is 2.23 bits per heavy atom. The van der Waals surface area contributed by atoms with Gasteiger partial charge >= 0.3 is 6.18 Å². The molecule has 0 saturated carbocycles. The minimum Gasteiger partial charge on any atom is -0.393 e. The number of nitrogens with one attached hydrogen (secondary N) is 1. The number of alkyl halides is 3. The molecule has 1 aromatic carbocycles. The molecule has 0 unspecified atom stereocenters. The van der Waals surface area contributed by atoms with E-state index in [1.165, 1.54) is 6.92 Å². The maximum Gasteiger partial charge on any atom is 0.419 e.